The Hall–Kier alpha value is -1.31. The Bertz CT molecular complexity index is 501. The van der Waals surface area contributed by atoms with Crippen LogP contribution in [0.1, 0.15) is 24.7 Å². The summed E-state index contributed by atoms with van der Waals surface area (Å²) in [6.45, 7) is 8.92. The van der Waals surface area contributed by atoms with Crippen LogP contribution in [0.3, 0.4) is 0 Å². The molecule has 0 amide bonds. The standard InChI is InChI=1S/C15H21ClN4/c1-4-6-7-19-8-10-20(11-9-19)15-13(5-2)14(16)17-12(3)18-15/h1H,5-11H2,2-3H3. The Morgan fingerprint density at radius 2 is 1.95 bits per heavy atom. The third-order valence-electron chi connectivity index (χ3n) is 3.64. The highest BCUT2D eigenvalue weighted by molar-refractivity contribution is 6.30. The minimum absolute atomic E-state index is 0.588. The van der Waals surface area contributed by atoms with Crippen LogP contribution in [0.25, 0.3) is 0 Å². The second-order valence-corrected chi connectivity index (χ2v) is 5.36. The fourth-order valence-electron chi connectivity index (χ4n) is 2.52. The van der Waals surface area contributed by atoms with Crippen molar-refractivity contribution < 1.29 is 0 Å². The lowest BCUT2D eigenvalue weighted by atomic mass is 10.2. The van der Waals surface area contributed by atoms with Crippen LogP contribution in [0.5, 0.6) is 0 Å². The predicted octanol–water partition coefficient (Wildman–Crippen LogP) is 2.15. The molecule has 0 aliphatic carbocycles. The molecule has 1 fully saturated rings. The van der Waals surface area contributed by atoms with Gasteiger partial charge in [-0.15, -0.1) is 12.3 Å². The molecule has 1 aromatic rings. The van der Waals surface area contributed by atoms with Crippen LogP contribution < -0.4 is 4.90 Å². The molecule has 20 heavy (non-hydrogen) atoms. The van der Waals surface area contributed by atoms with Crippen LogP contribution >= 0.6 is 11.6 Å². The largest absolute Gasteiger partial charge is 0.354 e. The van der Waals surface area contributed by atoms with E-state index < -0.39 is 0 Å². The highest BCUT2D eigenvalue weighted by atomic mass is 35.5. The molecule has 108 valence electrons. The van der Waals surface area contributed by atoms with Gasteiger partial charge in [0.2, 0.25) is 0 Å². The quantitative estimate of drug-likeness (QED) is 0.629. The van der Waals surface area contributed by atoms with Crippen molar-refractivity contribution >= 4 is 17.4 Å². The fraction of sp³-hybridized carbons (Fsp3) is 0.600. The van der Waals surface area contributed by atoms with Crippen LogP contribution in [-0.4, -0.2) is 47.6 Å². The molecular formula is C15H21ClN4. The molecule has 0 atom stereocenters. The highest BCUT2D eigenvalue weighted by Crippen LogP contribution is 2.25. The molecule has 4 nitrogen and oxygen atoms in total. The van der Waals surface area contributed by atoms with Crippen LogP contribution in [0.2, 0.25) is 5.15 Å². The summed E-state index contributed by atoms with van der Waals surface area (Å²) in [5, 5.41) is 0.588. The maximum absolute atomic E-state index is 6.24. The van der Waals surface area contributed by atoms with Gasteiger partial charge in [0.05, 0.1) is 0 Å². The SMILES string of the molecule is C#CCCN1CCN(c2nc(C)nc(Cl)c2CC)CC1. The second-order valence-electron chi connectivity index (χ2n) is 5.00. The van der Waals surface area contributed by atoms with Crippen molar-refractivity contribution in [2.75, 3.05) is 37.6 Å². The Morgan fingerprint density at radius 1 is 1.25 bits per heavy atom. The first-order valence-electron chi connectivity index (χ1n) is 7.09. The van der Waals surface area contributed by atoms with Gasteiger partial charge in [0, 0.05) is 44.7 Å². The first-order chi connectivity index (χ1) is 9.65. The number of nitrogens with zero attached hydrogens (tertiary/aromatic N) is 4. The smallest absolute Gasteiger partial charge is 0.138 e. The maximum atomic E-state index is 6.24. The summed E-state index contributed by atoms with van der Waals surface area (Å²) in [4.78, 5) is 13.6. The zero-order valence-electron chi connectivity index (χ0n) is 12.2. The molecule has 0 N–H and O–H groups in total. The van der Waals surface area contributed by atoms with Crippen LogP contribution in [0.4, 0.5) is 5.82 Å². The Kier molecular flexibility index (Phi) is 5.22. The van der Waals surface area contributed by atoms with Crippen LogP contribution in [0, 0.1) is 19.3 Å². The van der Waals surface area contributed by atoms with E-state index in [4.69, 9.17) is 18.0 Å². The van der Waals surface area contributed by atoms with E-state index >= 15 is 0 Å². The number of piperazine rings is 1. The Balaban J connectivity index is 2.09. The van der Waals surface area contributed by atoms with Crippen molar-refractivity contribution in [2.24, 2.45) is 0 Å². The number of aryl methyl sites for hydroxylation is 1. The summed E-state index contributed by atoms with van der Waals surface area (Å²) in [5.41, 5.74) is 1.05. The van der Waals surface area contributed by atoms with Crippen molar-refractivity contribution in [2.45, 2.75) is 26.7 Å². The first kappa shape index (κ1) is 15.1. The lowest BCUT2D eigenvalue weighted by molar-refractivity contribution is 0.263. The number of hydrogen-bond acceptors (Lipinski definition) is 4. The van der Waals surface area contributed by atoms with E-state index in [1.54, 1.807) is 0 Å². The van der Waals surface area contributed by atoms with Gasteiger partial charge in [0.1, 0.15) is 16.8 Å². The molecule has 2 heterocycles. The van der Waals surface area contributed by atoms with E-state index in [0.29, 0.717) is 5.15 Å². The van der Waals surface area contributed by atoms with E-state index in [2.05, 4.69) is 32.6 Å². The summed E-state index contributed by atoms with van der Waals surface area (Å²) in [6, 6.07) is 0. The fourth-order valence-corrected chi connectivity index (χ4v) is 2.86. The van der Waals surface area contributed by atoms with Crippen molar-refractivity contribution in [3.63, 3.8) is 0 Å². The molecule has 0 unspecified atom stereocenters. The van der Waals surface area contributed by atoms with Gasteiger partial charge >= 0.3 is 0 Å². The van der Waals surface area contributed by atoms with Gasteiger partial charge in [-0.1, -0.05) is 18.5 Å². The van der Waals surface area contributed by atoms with E-state index in [9.17, 15) is 0 Å². The lowest BCUT2D eigenvalue weighted by Gasteiger charge is -2.36. The Morgan fingerprint density at radius 3 is 2.55 bits per heavy atom. The van der Waals surface area contributed by atoms with Crippen LogP contribution in [-0.2, 0) is 6.42 Å². The van der Waals surface area contributed by atoms with Crippen molar-refractivity contribution in [3.8, 4) is 12.3 Å². The summed E-state index contributed by atoms with van der Waals surface area (Å²) in [7, 11) is 0. The molecule has 5 heteroatoms. The Labute approximate surface area is 126 Å². The van der Waals surface area contributed by atoms with Crippen molar-refractivity contribution in [3.05, 3.63) is 16.5 Å². The van der Waals surface area contributed by atoms with Gasteiger partial charge in [-0.3, -0.25) is 4.90 Å². The van der Waals surface area contributed by atoms with Gasteiger partial charge in [0.15, 0.2) is 0 Å². The van der Waals surface area contributed by atoms with Crippen molar-refractivity contribution in [1.82, 2.24) is 14.9 Å². The average molecular weight is 293 g/mol. The predicted molar refractivity (Wildman–Crippen MR) is 83.3 cm³/mol. The maximum Gasteiger partial charge on any atom is 0.138 e. The molecule has 0 aromatic carbocycles. The summed E-state index contributed by atoms with van der Waals surface area (Å²) >= 11 is 6.24. The van der Waals surface area contributed by atoms with Crippen molar-refractivity contribution in [1.29, 1.82) is 0 Å². The summed E-state index contributed by atoms with van der Waals surface area (Å²) in [6.07, 6.45) is 6.99. The van der Waals surface area contributed by atoms with Gasteiger partial charge in [-0.2, -0.15) is 0 Å². The number of halogens is 1. The van der Waals surface area contributed by atoms with Gasteiger partial charge in [0.25, 0.3) is 0 Å². The van der Waals surface area contributed by atoms with E-state index in [1.807, 2.05) is 6.92 Å². The number of anilines is 1. The van der Waals surface area contributed by atoms with Crippen LogP contribution in [0.15, 0.2) is 0 Å². The number of hydrogen-bond donors (Lipinski definition) is 0. The number of rotatable bonds is 4. The average Bonchev–Trinajstić information content (AvgIpc) is 2.45. The van der Waals surface area contributed by atoms with Gasteiger partial charge < -0.3 is 4.90 Å². The minimum atomic E-state index is 0.588. The van der Waals surface area contributed by atoms with Gasteiger partial charge in [-0.05, 0) is 13.3 Å². The molecular weight excluding hydrogens is 272 g/mol. The monoisotopic (exact) mass is 292 g/mol. The normalized spacial score (nSPS) is 16.2. The molecule has 1 aliphatic rings. The molecule has 1 aliphatic heterocycles. The lowest BCUT2D eigenvalue weighted by Crippen LogP contribution is -2.47. The molecule has 0 radical (unpaired) electrons. The molecule has 1 aromatic heterocycles. The van der Waals surface area contributed by atoms with E-state index in [1.165, 1.54) is 0 Å². The molecule has 2 rings (SSSR count). The number of aromatic nitrogens is 2. The third kappa shape index (κ3) is 3.41. The number of terminal acetylenes is 1. The minimum Gasteiger partial charge on any atom is -0.354 e. The molecule has 1 saturated heterocycles. The zero-order valence-corrected chi connectivity index (χ0v) is 12.9. The van der Waals surface area contributed by atoms with E-state index in [0.717, 1.165) is 62.8 Å². The summed E-state index contributed by atoms with van der Waals surface area (Å²) in [5.74, 6) is 4.43. The highest BCUT2D eigenvalue weighted by Gasteiger charge is 2.21. The van der Waals surface area contributed by atoms with E-state index in [-0.39, 0.29) is 0 Å². The molecule has 0 bridgehead atoms. The molecule has 0 saturated carbocycles. The zero-order chi connectivity index (χ0) is 14.5. The van der Waals surface area contributed by atoms with Gasteiger partial charge in [-0.25, -0.2) is 9.97 Å². The topological polar surface area (TPSA) is 32.3 Å². The second kappa shape index (κ2) is 6.92. The first-order valence-corrected chi connectivity index (χ1v) is 7.47. The third-order valence-corrected chi connectivity index (χ3v) is 3.96. The summed E-state index contributed by atoms with van der Waals surface area (Å²) < 4.78 is 0. The molecule has 0 spiro atoms.